The van der Waals surface area contributed by atoms with Gasteiger partial charge in [-0.05, 0) is 26.0 Å². The zero-order chi connectivity index (χ0) is 26.1. The maximum absolute atomic E-state index is 13.0. The van der Waals surface area contributed by atoms with E-state index in [1.54, 1.807) is 13.8 Å². The molecule has 3 aliphatic heterocycles. The van der Waals surface area contributed by atoms with Gasteiger partial charge in [0.25, 0.3) is 11.5 Å². The van der Waals surface area contributed by atoms with Gasteiger partial charge in [0, 0.05) is 12.8 Å². The number of carbonyl (C=O) groups is 2. The molecule has 2 fully saturated rings. The van der Waals surface area contributed by atoms with Crippen molar-refractivity contribution in [3.05, 3.63) is 33.5 Å². The van der Waals surface area contributed by atoms with Gasteiger partial charge in [0.15, 0.2) is 6.29 Å². The third-order valence-corrected chi connectivity index (χ3v) is 8.27. The van der Waals surface area contributed by atoms with Crippen LogP contribution >= 0.6 is 23.5 Å². The predicted molar refractivity (Wildman–Crippen MR) is 128 cm³/mol. The molecular formula is C24H24N2O8S2. The first-order chi connectivity index (χ1) is 17.1. The van der Waals surface area contributed by atoms with E-state index in [-0.39, 0.29) is 36.3 Å². The highest BCUT2D eigenvalue weighted by Gasteiger charge is 2.43. The Morgan fingerprint density at radius 1 is 1.06 bits per heavy atom. The van der Waals surface area contributed by atoms with E-state index in [9.17, 15) is 14.9 Å². The molecule has 2 saturated heterocycles. The van der Waals surface area contributed by atoms with Crippen LogP contribution in [0.5, 0.6) is 11.5 Å². The van der Waals surface area contributed by atoms with Crippen LogP contribution in [0.25, 0.3) is 4.85 Å². The Morgan fingerprint density at radius 3 is 2.08 bits per heavy atom. The highest BCUT2D eigenvalue weighted by Crippen LogP contribution is 2.59. The zero-order valence-corrected chi connectivity index (χ0v) is 21.7. The monoisotopic (exact) mass is 532 g/mol. The van der Waals surface area contributed by atoms with Crippen LogP contribution < -0.4 is 9.47 Å². The first-order valence-corrected chi connectivity index (χ1v) is 12.7. The van der Waals surface area contributed by atoms with Crippen molar-refractivity contribution in [1.82, 2.24) is 0 Å². The Morgan fingerprint density at radius 2 is 1.58 bits per heavy atom. The number of ether oxygens (including phenoxy) is 6. The number of hydrogen-bond donors (Lipinski definition) is 0. The fraction of sp³-hybridized carbons (Fsp3) is 0.500. The molecule has 0 radical (unpaired) electrons. The zero-order valence-electron chi connectivity index (χ0n) is 20.1. The van der Waals surface area contributed by atoms with Crippen LogP contribution in [-0.4, -0.2) is 50.4 Å². The van der Waals surface area contributed by atoms with E-state index in [4.69, 9.17) is 35.0 Å². The van der Waals surface area contributed by atoms with Crippen molar-refractivity contribution in [2.75, 3.05) is 26.4 Å². The summed E-state index contributed by atoms with van der Waals surface area (Å²) < 4.78 is 33.9. The van der Waals surface area contributed by atoms with Crippen LogP contribution in [0, 0.1) is 29.2 Å². The topological polar surface area (TPSA) is 118 Å². The summed E-state index contributed by atoms with van der Waals surface area (Å²) >= 11 is 2.19. The van der Waals surface area contributed by atoms with Gasteiger partial charge < -0.3 is 28.4 Å². The van der Waals surface area contributed by atoms with Crippen molar-refractivity contribution in [3.63, 3.8) is 0 Å². The third kappa shape index (κ3) is 5.25. The molecule has 12 heteroatoms. The standard InChI is InChI=1S/C24H24N2O8S2/c1-13-9-31-24(4,32-10-13)22(28)34-17-7-6-16(18-19(17)36-20(35-18)15(8-25)26-5)33-21(27)23(3)11-29-14(2)30-12-23/h6-7,13-14H,9-12H2,1-4H3/b20-15-. The van der Waals surface area contributed by atoms with Crippen molar-refractivity contribution < 1.29 is 38.0 Å². The Kier molecular flexibility index (Phi) is 7.67. The SMILES string of the molecule is [C-]#[N+]/C(C#N)=C1/Sc2c(OC(=O)C3(C)COC(C)OC3)ccc(OC(=O)C3(C)OCC(C)CO3)c2S1. The van der Waals surface area contributed by atoms with E-state index in [2.05, 4.69) is 4.85 Å². The lowest BCUT2D eigenvalue weighted by atomic mass is 9.92. The number of fused-ring (bicyclic) bond motifs is 1. The van der Waals surface area contributed by atoms with Crippen molar-refractivity contribution in [1.29, 1.82) is 5.26 Å². The summed E-state index contributed by atoms with van der Waals surface area (Å²) in [6, 6.07) is 4.86. The highest BCUT2D eigenvalue weighted by molar-refractivity contribution is 8.24. The molecule has 0 amide bonds. The van der Waals surface area contributed by atoms with Crippen molar-refractivity contribution in [3.8, 4) is 17.6 Å². The van der Waals surface area contributed by atoms with Crippen LogP contribution in [0.3, 0.4) is 0 Å². The molecule has 0 N–H and O–H groups in total. The van der Waals surface area contributed by atoms with E-state index in [1.165, 1.54) is 19.1 Å². The van der Waals surface area contributed by atoms with Crippen LogP contribution in [0.1, 0.15) is 27.7 Å². The normalized spacial score (nSPS) is 30.9. The van der Waals surface area contributed by atoms with Gasteiger partial charge in [-0.3, -0.25) is 4.79 Å². The molecule has 4 rings (SSSR count). The maximum atomic E-state index is 13.0. The Hall–Kier alpha value is -2.58. The minimum absolute atomic E-state index is 0.120. The summed E-state index contributed by atoms with van der Waals surface area (Å²) in [7, 11) is 0. The molecule has 0 bridgehead atoms. The van der Waals surface area contributed by atoms with Gasteiger partial charge in [0.05, 0.1) is 53.1 Å². The maximum Gasteiger partial charge on any atom is 0.371 e. The minimum atomic E-state index is -1.57. The van der Waals surface area contributed by atoms with Crippen LogP contribution in [-0.2, 0) is 28.5 Å². The molecule has 10 nitrogen and oxygen atoms in total. The molecule has 3 heterocycles. The quantitative estimate of drug-likeness (QED) is 0.241. The number of esters is 2. The summed E-state index contributed by atoms with van der Waals surface area (Å²) in [5.41, 5.74) is -1.14. The Bertz CT molecular complexity index is 1100. The van der Waals surface area contributed by atoms with Gasteiger partial charge in [-0.1, -0.05) is 30.4 Å². The summed E-state index contributed by atoms with van der Waals surface area (Å²) in [5.74, 6) is -2.35. The molecular weight excluding hydrogens is 508 g/mol. The predicted octanol–water partition coefficient (Wildman–Crippen LogP) is 4.11. The Balaban J connectivity index is 1.63. The number of thioether (sulfide) groups is 2. The van der Waals surface area contributed by atoms with Crippen molar-refractivity contribution >= 4 is 35.5 Å². The van der Waals surface area contributed by atoms with Crippen LogP contribution in [0.4, 0.5) is 0 Å². The summed E-state index contributed by atoms with van der Waals surface area (Å²) in [4.78, 5) is 30.1. The number of hydrogen-bond acceptors (Lipinski definition) is 11. The summed E-state index contributed by atoms with van der Waals surface area (Å²) in [6.07, 6.45) is -0.413. The second-order valence-corrected chi connectivity index (χ2v) is 11.3. The van der Waals surface area contributed by atoms with Gasteiger partial charge in [-0.2, -0.15) is 0 Å². The van der Waals surface area contributed by atoms with Crippen molar-refractivity contribution in [2.45, 2.75) is 49.6 Å². The average molecular weight is 533 g/mol. The van der Waals surface area contributed by atoms with Gasteiger partial charge in [-0.25, -0.2) is 14.9 Å². The van der Waals surface area contributed by atoms with E-state index >= 15 is 0 Å². The smallest absolute Gasteiger partial charge is 0.371 e. The number of nitriles is 1. The van der Waals surface area contributed by atoms with Crippen molar-refractivity contribution in [2.24, 2.45) is 11.3 Å². The van der Waals surface area contributed by atoms with Gasteiger partial charge in [0.2, 0.25) is 0 Å². The first-order valence-electron chi connectivity index (χ1n) is 11.1. The largest absolute Gasteiger partial charge is 0.425 e. The van der Waals surface area contributed by atoms with E-state index in [1.807, 2.05) is 13.0 Å². The van der Waals surface area contributed by atoms with Gasteiger partial charge in [0.1, 0.15) is 16.9 Å². The molecule has 3 aliphatic rings. The molecule has 0 unspecified atom stereocenters. The molecule has 0 spiro atoms. The number of benzene rings is 1. The van der Waals surface area contributed by atoms with Gasteiger partial charge in [-0.15, -0.1) is 0 Å². The average Bonchev–Trinajstić information content (AvgIpc) is 3.31. The lowest BCUT2D eigenvalue weighted by Crippen LogP contribution is -2.49. The molecule has 0 saturated carbocycles. The molecule has 36 heavy (non-hydrogen) atoms. The number of allylic oxidation sites excluding steroid dienone is 1. The van der Waals surface area contributed by atoms with E-state index in [0.717, 1.165) is 23.5 Å². The molecule has 190 valence electrons. The number of nitrogens with zero attached hydrogens (tertiary/aromatic N) is 2. The fourth-order valence-corrected chi connectivity index (χ4v) is 5.81. The fourth-order valence-electron chi connectivity index (χ4n) is 3.34. The molecule has 1 aromatic carbocycles. The van der Waals surface area contributed by atoms with E-state index in [0.29, 0.717) is 27.2 Å². The lowest BCUT2D eigenvalue weighted by Gasteiger charge is -2.34. The summed E-state index contributed by atoms with van der Waals surface area (Å²) in [5, 5.41) is 9.37. The Labute approximate surface area is 217 Å². The molecule has 0 atom stereocenters. The molecule has 0 aromatic heterocycles. The summed E-state index contributed by atoms with van der Waals surface area (Å²) in [6.45, 7) is 15.1. The third-order valence-electron chi connectivity index (χ3n) is 5.67. The minimum Gasteiger partial charge on any atom is -0.425 e. The van der Waals surface area contributed by atoms with Crippen LogP contribution in [0.2, 0.25) is 0 Å². The molecule has 0 aliphatic carbocycles. The second kappa shape index (κ2) is 10.4. The number of carbonyl (C=O) groups excluding carboxylic acids is 2. The number of rotatable bonds is 4. The van der Waals surface area contributed by atoms with Crippen LogP contribution in [0.15, 0.2) is 31.9 Å². The first kappa shape index (κ1) is 26.5. The van der Waals surface area contributed by atoms with E-state index < -0.39 is 29.4 Å². The lowest BCUT2D eigenvalue weighted by molar-refractivity contribution is -0.267. The van der Waals surface area contributed by atoms with Gasteiger partial charge >= 0.3 is 11.9 Å². The second-order valence-electron chi connectivity index (χ2n) is 8.99. The highest BCUT2D eigenvalue weighted by atomic mass is 32.2. The molecule has 1 aromatic rings.